The third kappa shape index (κ3) is 4.75. The number of methoxy groups -OCH3 is 2. The average Bonchev–Trinajstić information content (AvgIpc) is 3.28. The van der Waals surface area contributed by atoms with Crippen molar-refractivity contribution in [2.45, 2.75) is 30.3 Å². The van der Waals surface area contributed by atoms with Gasteiger partial charge in [0, 0.05) is 25.1 Å². The van der Waals surface area contributed by atoms with Crippen molar-refractivity contribution >= 4 is 33.5 Å². The summed E-state index contributed by atoms with van der Waals surface area (Å²) in [6.45, 7) is 0.587. The molecule has 0 N–H and O–H groups in total. The van der Waals surface area contributed by atoms with Gasteiger partial charge in [-0.15, -0.1) is 0 Å². The van der Waals surface area contributed by atoms with E-state index in [0.717, 1.165) is 35.8 Å². The molecule has 1 aromatic heterocycles. The fourth-order valence-corrected chi connectivity index (χ4v) is 4.98. The van der Waals surface area contributed by atoms with E-state index >= 15 is 0 Å². The minimum Gasteiger partial charge on any atom is -0.469 e. The van der Waals surface area contributed by atoms with Crippen molar-refractivity contribution in [1.29, 1.82) is 0 Å². The molecule has 1 saturated heterocycles. The maximum atomic E-state index is 13.0. The Kier molecular flexibility index (Phi) is 6.87. The second kappa shape index (κ2) is 8.70. The van der Waals surface area contributed by atoms with Crippen LogP contribution in [0.25, 0.3) is 0 Å². The van der Waals surface area contributed by atoms with Crippen molar-refractivity contribution in [2.75, 3.05) is 33.9 Å². The van der Waals surface area contributed by atoms with Gasteiger partial charge in [0.15, 0.2) is 5.69 Å². The molecule has 11 heteroatoms. The molecule has 1 aliphatic rings. The number of rotatable bonds is 8. The Labute approximate surface area is 150 Å². The first kappa shape index (κ1) is 19.8. The summed E-state index contributed by atoms with van der Waals surface area (Å²) in [4.78, 5) is 23.0. The van der Waals surface area contributed by atoms with E-state index < -0.39 is 22.0 Å². The lowest BCUT2D eigenvalue weighted by molar-refractivity contribution is -0.140. The van der Waals surface area contributed by atoms with Gasteiger partial charge >= 0.3 is 11.9 Å². The Bertz CT molecular complexity index is 711. The number of hydrogen-bond donors (Lipinski definition) is 0. The van der Waals surface area contributed by atoms with Crippen LogP contribution in [0.15, 0.2) is 10.3 Å². The van der Waals surface area contributed by atoms with Crippen molar-refractivity contribution < 1.29 is 32.2 Å². The Morgan fingerprint density at radius 2 is 2.16 bits per heavy atom. The molecule has 140 valence electrons. The Morgan fingerprint density at radius 1 is 1.40 bits per heavy atom. The number of esters is 2. The van der Waals surface area contributed by atoms with Gasteiger partial charge in [0.05, 0.1) is 26.7 Å². The molecule has 0 aromatic carbocycles. The fraction of sp³-hybridized carbons (Fsp3) is 0.643. The lowest BCUT2D eigenvalue weighted by Crippen LogP contribution is -2.39. The zero-order valence-electron chi connectivity index (χ0n) is 14.0. The van der Waals surface area contributed by atoms with Crippen molar-refractivity contribution in [3.05, 3.63) is 11.1 Å². The summed E-state index contributed by atoms with van der Waals surface area (Å²) in [7, 11) is -1.65. The van der Waals surface area contributed by atoms with E-state index in [1.54, 1.807) is 0 Å². The molecule has 2 rings (SSSR count). The maximum absolute atomic E-state index is 13.0. The number of carbonyl (C=O) groups is 2. The molecule has 1 unspecified atom stereocenters. The highest BCUT2D eigenvalue weighted by Crippen LogP contribution is 2.24. The van der Waals surface area contributed by atoms with Gasteiger partial charge in [-0.3, -0.25) is 4.79 Å². The van der Waals surface area contributed by atoms with Crippen LogP contribution >= 0.6 is 11.5 Å². The van der Waals surface area contributed by atoms with Gasteiger partial charge in [0.1, 0.15) is 4.90 Å². The Morgan fingerprint density at radius 3 is 2.76 bits per heavy atom. The van der Waals surface area contributed by atoms with Crippen molar-refractivity contribution in [1.82, 2.24) is 8.68 Å². The second-order valence-corrected chi connectivity index (χ2v) is 7.88. The van der Waals surface area contributed by atoms with Crippen LogP contribution in [-0.4, -0.2) is 69.1 Å². The second-order valence-electron chi connectivity index (χ2n) is 5.34. The SMILES string of the molecule is COC(=O)CCN(CC1CCCO1)S(=O)(=O)c1csnc1C(=O)OC. The number of ether oxygens (including phenoxy) is 3. The number of aromatic nitrogens is 1. The molecule has 9 nitrogen and oxygen atoms in total. The topological polar surface area (TPSA) is 112 Å². The maximum Gasteiger partial charge on any atom is 0.359 e. The highest BCUT2D eigenvalue weighted by Gasteiger charge is 2.34. The first-order chi connectivity index (χ1) is 11.9. The Hall–Kier alpha value is -1.56. The monoisotopic (exact) mass is 392 g/mol. The average molecular weight is 392 g/mol. The van der Waals surface area contributed by atoms with E-state index in [2.05, 4.69) is 13.8 Å². The number of nitrogens with zero attached hydrogens (tertiary/aromatic N) is 2. The summed E-state index contributed by atoms with van der Waals surface area (Å²) < 4.78 is 45.6. The van der Waals surface area contributed by atoms with E-state index in [4.69, 9.17) is 4.74 Å². The van der Waals surface area contributed by atoms with Gasteiger partial charge in [0.25, 0.3) is 0 Å². The first-order valence-corrected chi connectivity index (χ1v) is 9.89. The normalized spacial score (nSPS) is 17.6. The molecule has 0 bridgehead atoms. The summed E-state index contributed by atoms with van der Waals surface area (Å²) in [6.07, 6.45) is 1.23. The van der Waals surface area contributed by atoms with Gasteiger partial charge in [0.2, 0.25) is 10.0 Å². The molecule has 0 saturated carbocycles. The molecule has 0 radical (unpaired) electrons. The van der Waals surface area contributed by atoms with Gasteiger partial charge in [-0.1, -0.05) is 0 Å². The molecular formula is C14H20N2O7S2. The van der Waals surface area contributed by atoms with E-state index in [1.165, 1.54) is 12.5 Å². The van der Waals surface area contributed by atoms with Gasteiger partial charge in [-0.2, -0.15) is 8.68 Å². The van der Waals surface area contributed by atoms with Crippen LogP contribution in [0.1, 0.15) is 29.8 Å². The predicted octanol–water partition coefficient (Wildman–Crippen LogP) is 0.662. The van der Waals surface area contributed by atoms with Crippen molar-refractivity contribution in [3.63, 3.8) is 0 Å². The Balaban J connectivity index is 2.28. The molecule has 1 atom stereocenters. The summed E-state index contributed by atoms with van der Waals surface area (Å²) in [6, 6.07) is 0. The fourth-order valence-electron chi connectivity index (χ4n) is 2.43. The lowest BCUT2D eigenvalue weighted by atomic mass is 10.2. The van der Waals surface area contributed by atoms with Gasteiger partial charge in [-0.25, -0.2) is 13.2 Å². The number of sulfonamides is 1. The van der Waals surface area contributed by atoms with Crippen LogP contribution in [-0.2, 0) is 29.0 Å². The van der Waals surface area contributed by atoms with E-state index in [1.807, 2.05) is 0 Å². The predicted molar refractivity (Wildman–Crippen MR) is 87.8 cm³/mol. The molecular weight excluding hydrogens is 372 g/mol. The van der Waals surface area contributed by atoms with Crippen LogP contribution in [0.5, 0.6) is 0 Å². The smallest absolute Gasteiger partial charge is 0.359 e. The quantitative estimate of drug-likeness (QED) is 0.593. The van der Waals surface area contributed by atoms with Crippen molar-refractivity contribution in [3.8, 4) is 0 Å². The molecule has 1 aromatic rings. The highest BCUT2D eigenvalue weighted by molar-refractivity contribution is 7.89. The standard InChI is InChI=1S/C14H20N2O7S2/c1-21-12(17)5-6-16(8-10-4-3-7-23-10)25(19,20)11-9-24-15-13(11)14(18)22-2/h9-10H,3-8H2,1-2H3. The van der Waals surface area contributed by atoms with E-state index in [9.17, 15) is 18.0 Å². The van der Waals surface area contributed by atoms with Gasteiger partial charge < -0.3 is 14.2 Å². The largest absolute Gasteiger partial charge is 0.469 e. The number of carbonyl (C=O) groups excluding carboxylic acids is 2. The molecule has 0 spiro atoms. The molecule has 0 aliphatic carbocycles. The number of hydrogen-bond acceptors (Lipinski definition) is 9. The molecule has 2 heterocycles. The van der Waals surface area contributed by atoms with E-state index in [-0.39, 0.29) is 36.2 Å². The van der Waals surface area contributed by atoms with Crippen LogP contribution < -0.4 is 0 Å². The first-order valence-electron chi connectivity index (χ1n) is 7.61. The molecule has 1 fully saturated rings. The molecule has 25 heavy (non-hydrogen) atoms. The third-order valence-electron chi connectivity index (χ3n) is 3.76. The lowest BCUT2D eigenvalue weighted by Gasteiger charge is -2.24. The van der Waals surface area contributed by atoms with Crippen LogP contribution in [0.3, 0.4) is 0 Å². The van der Waals surface area contributed by atoms with E-state index in [0.29, 0.717) is 6.61 Å². The van der Waals surface area contributed by atoms with Gasteiger partial charge in [-0.05, 0) is 24.4 Å². The third-order valence-corrected chi connectivity index (χ3v) is 6.41. The summed E-state index contributed by atoms with van der Waals surface area (Å²) in [5, 5.41) is 1.28. The minimum atomic E-state index is -4.04. The van der Waals surface area contributed by atoms with Crippen LogP contribution in [0, 0.1) is 0 Å². The zero-order valence-corrected chi connectivity index (χ0v) is 15.6. The highest BCUT2D eigenvalue weighted by atomic mass is 32.2. The summed E-state index contributed by atoms with van der Waals surface area (Å²) in [5.74, 6) is -1.35. The molecule has 1 aliphatic heterocycles. The van der Waals surface area contributed by atoms with Crippen LogP contribution in [0.2, 0.25) is 0 Å². The van der Waals surface area contributed by atoms with Crippen molar-refractivity contribution in [2.24, 2.45) is 0 Å². The zero-order chi connectivity index (χ0) is 18.4. The minimum absolute atomic E-state index is 0.0780. The molecule has 0 amide bonds. The summed E-state index contributed by atoms with van der Waals surface area (Å²) >= 11 is 0.846. The summed E-state index contributed by atoms with van der Waals surface area (Å²) in [5.41, 5.74) is -0.261. The van der Waals surface area contributed by atoms with Crippen LogP contribution in [0.4, 0.5) is 0 Å².